The summed E-state index contributed by atoms with van der Waals surface area (Å²) in [6.45, 7) is 5.20. The first kappa shape index (κ1) is 14.1. The second-order valence-corrected chi connectivity index (χ2v) is 4.77. The number of ether oxygens (including phenoxy) is 2. The van der Waals surface area contributed by atoms with E-state index < -0.39 is 0 Å². The van der Waals surface area contributed by atoms with Crippen LogP contribution >= 0.6 is 22.6 Å². The molecule has 0 atom stereocenters. The van der Waals surface area contributed by atoms with Crippen molar-refractivity contribution < 1.29 is 9.47 Å². The van der Waals surface area contributed by atoms with Crippen molar-refractivity contribution in [2.24, 2.45) is 0 Å². The first-order valence-electron chi connectivity index (χ1n) is 5.72. The molecule has 1 rings (SSSR count). The van der Waals surface area contributed by atoms with Gasteiger partial charge in [0.15, 0.2) is 11.5 Å². The molecule has 92 valence electrons. The molecule has 0 saturated carbocycles. The van der Waals surface area contributed by atoms with Gasteiger partial charge in [0.2, 0.25) is 0 Å². The van der Waals surface area contributed by atoms with E-state index in [1.807, 2.05) is 19.1 Å². The van der Waals surface area contributed by atoms with Crippen molar-refractivity contribution in [2.45, 2.75) is 26.7 Å². The lowest BCUT2D eigenvalue weighted by Crippen LogP contribution is -2.03. The normalized spacial score (nSPS) is 9.76. The van der Waals surface area contributed by atoms with E-state index in [0.717, 1.165) is 16.4 Å². The van der Waals surface area contributed by atoms with E-state index >= 15 is 0 Å². The molecule has 0 aromatic heterocycles. The summed E-state index contributed by atoms with van der Waals surface area (Å²) in [4.78, 5) is 0. The lowest BCUT2D eigenvalue weighted by atomic mass is 10.2. The molecule has 1 aromatic carbocycles. The van der Waals surface area contributed by atoms with Crippen LogP contribution in [-0.4, -0.2) is 13.2 Å². The lowest BCUT2D eigenvalue weighted by molar-refractivity contribution is 0.272. The van der Waals surface area contributed by atoms with Gasteiger partial charge >= 0.3 is 0 Å². The first-order valence-corrected chi connectivity index (χ1v) is 6.80. The van der Waals surface area contributed by atoms with Crippen LogP contribution in [0.5, 0.6) is 11.5 Å². The fraction of sp³-hybridized carbons (Fsp3) is 0.462. The monoisotopic (exact) mass is 345 g/mol. The van der Waals surface area contributed by atoms with Gasteiger partial charge in [-0.2, -0.15) is 5.26 Å². The van der Waals surface area contributed by atoms with Crippen molar-refractivity contribution in [1.29, 1.82) is 5.26 Å². The van der Waals surface area contributed by atoms with Gasteiger partial charge in [-0.05, 0) is 48.1 Å². The smallest absolute Gasteiger partial charge is 0.178 e. The number of nitriles is 1. The van der Waals surface area contributed by atoms with Crippen LogP contribution in [0.25, 0.3) is 0 Å². The molecule has 17 heavy (non-hydrogen) atoms. The van der Waals surface area contributed by atoms with Crippen LogP contribution < -0.4 is 9.47 Å². The molecule has 3 nitrogen and oxygen atoms in total. The average molecular weight is 345 g/mol. The van der Waals surface area contributed by atoms with Crippen LogP contribution in [0, 0.1) is 14.9 Å². The van der Waals surface area contributed by atoms with Crippen LogP contribution in [0.2, 0.25) is 0 Å². The third-order valence-corrected chi connectivity index (χ3v) is 2.81. The standard InChI is InChI=1S/C13H16INO2/c1-3-5-6-17-13-10(9-15)7-11(14)8-12(13)16-4-2/h7-8H,3-6H2,1-2H3. The summed E-state index contributed by atoms with van der Waals surface area (Å²) in [7, 11) is 0. The Morgan fingerprint density at radius 3 is 2.65 bits per heavy atom. The molecule has 0 heterocycles. The molecule has 0 radical (unpaired) electrons. The minimum absolute atomic E-state index is 0.538. The number of nitrogens with zero attached hydrogens (tertiary/aromatic N) is 1. The molecular formula is C13H16INO2. The highest BCUT2D eigenvalue weighted by Gasteiger charge is 2.12. The van der Waals surface area contributed by atoms with Gasteiger partial charge < -0.3 is 9.47 Å². The molecule has 0 fully saturated rings. The summed E-state index contributed by atoms with van der Waals surface area (Å²) in [5.41, 5.74) is 0.538. The molecule has 0 amide bonds. The molecule has 0 aliphatic carbocycles. The van der Waals surface area contributed by atoms with E-state index in [9.17, 15) is 0 Å². The van der Waals surface area contributed by atoms with Crippen LogP contribution in [0.4, 0.5) is 0 Å². The van der Waals surface area contributed by atoms with E-state index in [4.69, 9.17) is 14.7 Å². The maximum atomic E-state index is 9.10. The van der Waals surface area contributed by atoms with Gasteiger partial charge in [-0.1, -0.05) is 13.3 Å². The van der Waals surface area contributed by atoms with Gasteiger partial charge in [-0.25, -0.2) is 0 Å². The minimum atomic E-state index is 0.538. The van der Waals surface area contributed by atoms with Crippen LogP contribution in [-0.2, 0) is 0 Å². The number of benzene rings is 1. The lowest BCUT2D eigenvalue weighted by Gasteiger charge is -2.13. The van der Waals surface area contributed by atoms with Gasteiger partial charge in [0.05, 0.1) is 18.8 Å². The second-order valence-electron chi connectivity index (χ2n) is 3.53. The molecule has 0 bridgehead atoms. The Balaban J connectivity index is 3.00. The Bertz CT molecular complexity index is 413. The average Bonchev–Trinajstić information content (AvgIpc) is 2.31. The van der Waals surface area contributed by atoms with E-state index in [0.29, 0.717) is 30.3 Å². The molecule has 0 spiro atoms. The fourth-order valence-electron chi connectivity index (χ4n) is 1.38. The number of unbranched alkanes of at least 4 members (excludes halogenated alkanes) is 1. The minimum Gasteiger partial charge on any atom is -0.490 e. The van der Waals surface area contributed by atoms with Gasteiger partial charge in [-0.3, -0.25) is 0 Å². The third-order valence-electron chi connectivity index (χ3n) is 2.18. The zero-order chi connectivity index (χ0) is 12.7. The number of hydrogen-bond donors (Lipinski definition) is 0. The second kappa shape index (κ2) is 7.38. The Kier molecular flexibility index (Phi) is 6.12. The van der Waals surface area contributed by atoms with Gasteiger partial charge in [-0.15, -0.1) is 0 Å². The molecule has 0 aliphatic rings. The summed E-state index contributed by atoms with van der Waals surface area (Å²) in [6.07, 6.45) is 2.04. The highest BCUT2D eigenvalue weighted by molar-refractivity contribution is 14.1. The third kappa shape index (κ3) is 4.08. The maximum absolute atomic E-state index is 9.10. The summed E-state index contributed by atoms with van der Waals surface area (Å²) < 4.78 is 12.1. The molecule has 0 aliphatic heterocycles. The first-order chi connectivity index (χ1) is 8.22. The van der Waals surface area contributed by atoms with Crippen molar-refractivity contribution in [3.8, 4) is 17.6 Å². The summed E-state index contributed by atoms with van der Waals surface area (Å²) in [5.74, 6) is 1.23. The highest BCUT2D eigenvalue weighted by Crippen LogP contribution is 2.33. The SMILES string of the molecule is CCCCOc1c(C#N)cc(I)cc1OCC. The van der Waals surface area contributed by atoms with Gasteiger partial charge in [0, 0.05) is 3.57 Å². The number of rotatable bonds is 6. The predicted octanol–water partition coefficient (Wildman–Crippen LogP) is 3.74. The van der Waals surface area contributed by atoms with Crippen molar-refractivity contribution in [3.63, 3.8) is 0 Å². The zero-order valence-corrected chi connectivity index (χ0v) is 12.3. The fourth-order valence-corrected chi connectivity index (χ4v) is 1.98. The van der Waals surface area contributed by atoms with Crippen LogP contribution in [0.15, 0.2) is 12.1 Å². The summed E-state index contributed by atoms with van der Waals surface area (Å²) >= 11 is 2.17. The number of halogens is 1. The van der Waals surface area contributed by atoms with Crippen molar-refractivity contribution in [1.82, 2.24) is 0 Å². The largest absolute Gasteiger partial charge is 0.490 e. The summed E-state index contributed by atoms with van der Waals surface area (Å²) in [6, 6.07) is 5.86. The maximum Gasteiger partial charge on any atom is 0.178 e. The van der Waals surface area contributed by atoms with Gasteiger partial charge in [0.25, 0.3) is 0 Å². The van der Waals surface area contributed by atoms with Crippen molar-refractivity contribution in [2.75, 3.05) is 13.2 Å². The molecular weight excluding hydrogens is 329 g/mol. The molecule has 0 saturated heterocycles. The van der Waals surface area contributed by atoms with Gasteiger partial charge in [0.1, 0.15) is 6.07 Å². The van der Waals surface area contributed by atoms with E-state index in [1.54, 1.807) is 0 Å². The van der Waals surface area contributed by atoms with E-state index in [-0.39, 0.29) is 0 Å². The summed E-state index contributed by atoms with van der Waals surface area (Å²) in [5, 5.41) is 9.10. The Hall–Kier alpha value is -0.960. The van der Waals surface area contributed by atoms with Crippen molar-refractivity contribution >= 4 is 22.6 Å². The molecule has 0 N–H and O–H groups in total. The molecule has 0 unspecified atom stereocenters. The van der Waals surface area contributed by atoms with E-state index in [1.165, 1.54) is 0 Å². The number of hydrogen-bond acceptors (Lipinski definition) is 3. The van der Waals surface area contributed by atoms with E-state index in [2.05, 4.69) is 35.6 Å². The topological polar surface area (TPSA) is 42.2 Å². The highest BCUT2D eigenvalue weighted by atomic mass is 127. The van der Waals surface area contributed by atoms with Crippen LogP contribution in [0.3, 0.4) is 0 Å². The van der Waals surface area contributed by atoms with Crippen molar-refractivity contribution in [3.05, 3.63) is 21.3 Å². The molecule has 4 heteroatoms. The van der Waals surface area contributed by atoms with Crippen LogP contribution in [0.1, 0.15) is 32.3 Å². The Labute approximate surface area is 116 Å². The molecule has 1 aromatic rings. The predicted molar refractivity (Wildman–Crippen MR) is 75.4 cm³/mol. The zero-order valence-electron chi connectivity index (χ0n) is 10.1. The quantitative estimate of drug-likeness (QED) is 0.583. The Morgan fingerprint density at radius 2 is 2.06 bits per heavy atom. The Morgan fingerprint density at radius 1 is 1.29 bits per heavy atom.